The highest BCUT2D eigenvalue weighted by Gasteiger charge is 2.26. The minimum absolute atomic E-state index is 0.0394. The fourth-order valence-corrected chi connectivity index (χ4v) is 3.43. The second-order valence-corrected chi connectivity index (χ2v) is 6.96. The van der Waals surface area contributed by atoms with E-state index in [9.17, 15) is 9.59 Å². The monoisotopic (exact) mass is 344 g/mol. The van der Waals surface area contributed by atoms with Crippen molar-refractivity contribution < 1.29 is 9.59 Å². The lowest BCUT2D eigenvalue weighted by Crippen LogP contribution is -2.38. The van der Waals surface area contributed by atoms with E-state index in [2.05, 4.69) is 15.6 Å². The van der Waals surface area contributed by atoms with Crippen LogP contribution in [0.3, 0.4) is 0 Å². The number of benzene rings is 1. The number of thiazole rings is 1. The van der Waals surface area contributed by atoms with Crippen molar-refractivity contribution in [3.8, 4) is 11.3 Å². The Bertz CT molecular complexity index is 759. The molecule has 0 saturated carbocycles. The van der Waals surface area contributed by atoms with Gasteiger partial charge in [-0.2, -0.15) is 0 Å². The fraction of sp³-hybridized carbons (Fsp3) is 0.353. The van der Waals surface area contributed by atoms with Gasteiger partial charge in [-0.25, -0.2) is 9.78 Å². The van der Waals surface area contributed by atoms with Gasteiger partial charge in [0.1, 0.15) is 0 Å². The predicted molar refractivity (Wildman–Crippen MR) is 95.1 cm³/mol. The van der Waals surface area contributed by atoms with Crippen molar-refractivity contribution in [3.63, 3.8) is 0 Å². The molecule has 1 aliphatic rings. The van der Waals surface area contributed by atoms with Crippen molar-refractivity contribution in [2.75, 3.05) is 18.4 Å². The minimum Gasteiger partial charge on any atom is -0.352 e. The van der Waals surface area contributed by atoms with Gasteiger partial charge in [-0.05, 0) is 25.5 Å². The molecule has 6 nitrogen and oxygen atoms in total. The van der Waals surface area contributed by atoms with Crippen LogP contribution >= 0.6 is 11.3 Å². The number of nitrogens with zero attached hydrogens (tertiary/aromatic N) is 2. The van der Waals surface area contributed by atoms with Gasteiger partial charge in [0.2, 0.25) is 5.91 Å². The van der Waals surface area contributed by atoms with Crippen molar-refractivity contribution >= 4 is 29.0 Å². The van der Waals surface area contributed by atoms with Crippen LogP contribution in [0.2, 0.25) is 0 Å². The maximum absolute atomic E-state index is 12.4. The number of carbonyl (C=O) groups is 2. The van der Waals surface area contributed by atoms with Crippen LogP contribution in [0.1, 0.15) is 18.4 Å². The van der Waals surface area contributed by atoms with Gasteiger partial charge in [-0.1, -0.05) is 12.1 Å². The van der Waals surface area contributed by atoms with E-state index >= 15 is 0 Å². The van der Waals surface area contributed by atoms with Crippen molar-refractivity contribution in [2.45, 2.75) is 26.3 Å². The SMILES string of the molecule is CC(=O)N[C@H]1CCN(C(=O)Nc2cccc(-c3csc(C)n3)c2)C1. The molecule has 0 aliphatic carbocycles. The summed E-state index contributed by atoms with van der Waals surface area (Å²) in [6, 6.07) is 7.57. The number of hydrogen-bond donors (Lipinski definition) is 2. The molecule has 2 aromatic rings. The predicted octanol–water partition coefficient (Wildman–Crippen LogP) is 2.86. The van der Waals surface area contributed by atoms with Crippen molar-refractivity contribution in [3.05, 3.63) is 34.7 Å². The zero-order chi connectivity index (χ0) is 17.1. The third-order valence-corrected chi connectivity index (χ3v) is 4.68. The molecule has 1 saturated heterocycles. The van der Waals surface area contributed by atoms with Crippen LogP contribution in [-0.4, -0.2) is 41.0 Å². The molecule has 2 heterocycles. The van der Waals surface area contributed by atoms with Gasteiger partial charge in [0.25, 0.3) is 0 Å². The molecule has 0 spiro atoms. The van der Waals surface area contributed by atoms with E-state index in [0.29, 0.717) is 13.1 Å². The Morgan fingerprint density at radius 3 is 2.92 bits per heavy atom. The summed E-state index contributed by atoms with van der Waals surface area (Å²) < 4.78 is 0. The second kappa shape index (κ2) is 7.00. The summed E-state index contributed by atoms with van der Waals surface area (Å²) in [5.74, 6) is -0.0616. The molecule has 1 aliphatic heterocycles. The lowest BCUT2D eigenvalue weighted by molar-refractivity contribution is -0.119. The summed E-state index contributed by atoms with van der Waals surface area (Å²) in [6.07, 6.45) is 0.783. The number of anilines is 1. The molecule has 1 atom stereocenters. The molecule has 2 N–H and O–H groups in total. The highest BCUT2D eigenvalue weighted by molar-refractivity contribution is 7.09. The average Bonchev–Trinajstić information content (AvgIpc) is 3.16. The number of carbonyl (C=O) groups excluding carboxylic acids is 2. The molecule has 1 aromatic carbocycles. The van der Waals surface area contributed by atoms with Gasteiger partial charge in [-0.15, -0.1) is 11.3 Å². The largest absolute Gasteiger partial charge is 0.352 e. The van der Waals surface area contributed by atoms with E-state index in [4.69, 9.17) is 0 Å². The number of likely N-dealkylation sites (tertiary alicyclic amines) is 1. The van der Waals surface area contributed by atoms with E-state index < -0.39 is 0 Å². The molecule has 0 radical (unpaired) electrons. The summed E-state index contributed by atoms with van der Waals surface area (Å²) in [7, 11) is 0. The number of aromatic nitrogens is 1. The Kier molecular flexibility index (Phi) is 4.80. The number of amides is 3. The zero-order valence-corrected chi connectivity index (χ0v) is 14.5. The molecule has 3 rings (SSSR count). The van der Waals surface area contributed by atoms with E-state index in [1.165, 1.54) is 6.92 Å². The molecule has 1 aromatic heterocycles. The highest BCUT2D eigenvalue weighted by Crippen LogP contribution is 2.24. The van der Waals surface area contributed by atoms with Gasteiger partial charge in [0.05, 0.1) is 10.7 Å². The first-order chi connectivity index (χ1) is 11.5. The number of nitrogens with one attached hydrogen (secondary N) is 2. The quantitative estimate of drug-likeness (QED) is 0.899. The van der Waals surface area contributed by atoms with E-state index in [1.54, 1.807) is 16.2 Å². The Hall–Kier alpha value is -2.41. The molecule has 7 heteroatoms. The van der Waals surface area contributed by atoms with Gasteiger partial charge < -0.3 is 15.5 Å². The van der Waals surface area contributed by atoms with Crippen molar-refractivity contribution in [2.24, 2.45) is 0 Å². The summed E-state index contributed by atoms with van der Waals surface area (Å²) in [4.78, 5) is 29.7. The number of hydrogen-bond acceptors (Lipinski definition) is 4. The van der Waals surface area contributed by atoms with Crippen LogP contribution < -0.4 is 10.6 Å². The first-order valence-electron chi connectivity index (χ1n) is 7.87. The van der Waals surface area contributed by atoms with Gasteiger partial charge in [-0.3, -0.25) is 4.79 Å². The van der Waals surface area contributed by atoms with Crippen LogP contribution in [-0.2, 0) is 4.79 Å². The molecule has 0 bridgehead atoms. The minimum atomic E-state index is -0.144. The van der Waals surface area contributed by atoms with Crippen molar-refractivity contribution in [1.82, 2.24) is 15.2 Å². The first-order valence-corrected chi connectivity index (χ1v) is 8.75. The summed E-state index contributed by atoms with van der Waals surface area (Å²) >= 11 is 1.60. The summed E-state index contributed by atoms with van der Waals surface area (Å²) in [5, 5.41) is 8.80. The number of rotatable bonds is 3. The van der Waals surface area contributed by atoms with Gasteiger partial charge in [0.15, 0.2) is 0 Å². The first kappa shape index (κ1) is 16.4. The standard InChI is InChI=1S/C17H20N4O2S/c1-11(22)18-15-6-7-21(9-15)17(23)20-14-5-3-4-13(8-14)16-10-24-12(2)19-16/h3-5,8,10,15H,6-7,9H2,1-2H3,(H,18,22)(H,20,23)/t15-/m0/s1. The zero-order valence-electron chi connectivity index (χ0n) is 13.7. The molecular formula is C17H20N4O2S. The van der Waals surface area contributed by atoms with E-state index in [-0.39, 0.29) is 18.0 Å². The Labute approximate surface area is 144 Å². The molecule has 1 fully saturated rings. The third-order valence-electron chi connectivity index (χ3n) is 3.91. The lowest BCUT2D eigenvalue weighted by Gasteiger charge is -2.18. The smallest absolute Gasteiger partial charge is 0.321 e. The fourth-order valence-electron chi connectivity index (χ4n) is 2.80. The summed E-state index contributed by atoms with van der Waals surface area (Å²) in [6.45, 7) is 4.64. The second-order valence-electron chi connectivity index (χ2n) is 5.89. The normalized spacial score (nSPS) is 16.9. The Morgan fingerprint density at radius 1 is 1.38 bits per heavy atom. The van der Waals surface area contributed by atoms with Crippen LogP contribution in [0.15, 0.2) is 29.6 Å². The highest BCUT2D eigenvalue weighted by atomic mass is 32.1. The lowest BCUT2D eigenvalue weighted by atomic mass is 10.1. The van der Waals surface area contributed by atoms with E-state index in [1.807, 2.05) is 36.6 Å². The molecule has 24 heavy (non-hydrogen) atoms. The maximum Gasteiger partial charge on any atom is 0.321 e. The average molecular weight is 344 g/mol. The molecular weight excluding hydrogens is 324 g/mol. The summed E-state index contributed by atoms with van der Waals surface area (Å²) in [5.41, 5.74) is 2.64. The van der Waals surface area contributed by atoms with Crippen LogP contribution in [0.4, 0.5) is 10.5 Å². The third kappa shape index (κ3) is 3.91. The van der Waals surface area contributed by atoms with Gasteiger partial charge >= 0.3 is 6.03 Å². The van der Waals surface area contributed by atoms with Gasteiger partial charge in [0, 0.05) is 42.7 Å². The van der Waals surface area contributed by atoms with Crippen molar-refractivity contribution in [1.29, 1.82) is 0 Å². The molecule has 3 amide bonds. The molecule has 126 valence electrons. The number of aryl methyl sites for hydroxylation is 1. The van der Waals surface area contributed by atoms with E-state index in [0.717, 1.165) is 28.4 Å². The molecule has 0 unspecified atom stereocenters. The number of urea groups is 1. The maximum atomic E-state index is 12.4. The Balaban J connectivity index is 1.64. The van der Waals surface area contributed by atoms with Crippen LogP contribution in [0, 0.1) is 6.92 Å². The topological polar surface area (TPSA) is 74.3 Å². The van der Waals surface area contributed by atoms with Crippen LogP contribution in [0.5, 0.6) is 0 Å². The Morgan fingerprint density at radius 2 is 2.21 bits per heavy atom. The van der Waals surface area contributed by atoms with Crippen LogP contribution in [0.25, 0.3) is 11.3 Å².